The average molecular weight is 251 g/mol. The Morgan fingerprint density at radius 2 is 2.18 bits per heavy atom. The molecule has 1 aromatic rings. The monoisotopic (exact) mass is 250 g/mol. The van der Waals surface area contributed by atoms with Crippen LogP contribution in [0.5, 0.6) is 0 Å². The molecule has 0 saturated heterocycles. The van der Waals surface area contributed by atoms with Gasteiger partial charge in [-0.05, 0) is 18.1 Å². The van der Waals surface area contributed by atoms with E-state index in [1.54, 1.807) is 0 Å². The van der Waals surface area contributed by atoms with Crippen LogP contribution in [0.4, 0.5) is 0 Å². The van der Waals surface area contributed by atoms with Gasteiger partial charge in [0.1, 0.15) is 0 Å². The first-order valence-electron chi connectivity index (χ1n) is 5.62. The van der Waals surface area contributed by atoms with Crippen LogP contribution >= 0.6 is 11.6 Å². The maximum absolute atomic E-state index is 11.8. The summed E-state index contributed by atoms with van der Waals surface area (Å²) in [4.78, 5) is 11.8. The number of amides is 1. The van der Waals surface area contributed by atoms with Crippen LogP contribution in [0.1, 0.15) is 12.0 Å². The van der Waals surface area contributed by atoms with E-state index >= 15 is 0 Å². The third-order valence-electron chi connectivity index (χ3n) is 2.86. The zero-order valence-electron chi connectivity index (χ0n) is 9.40. The summed E-state index contributed by atoms with van der Waals surface area (Å²) in [5.41, 5.74) is 6.63. The lowest BCUT2D eigenvalue weighted by Gasteiger charge is -2.11. The molecule has 0 bridgehead atoms. The third kappa shape index (κ3) is 3.08. The Morgan fingerprint density at radius 1 is 1.41 bits per heavy atom. The second kappa shape index (κ2) is 5.34. The summed E-state index contributed by atoms with van der Waals surface area (Å²) in [7, 11) is 0. The van der Waals surface area contributed by atoms with Gasteiger partial charge in [0.15, 0.2) is 0 Å². The number of nitrogens with one attached hydrogen (secondary N) is 1. The van der Waals surface area contributed by atoms with Crippen molar-refractivity contribution in [2.75, 3.05) is 0 Å². The number of halogens is 1. The molecule has 90 valence electrons. The fraction of sp³-hybridized carbons (Fsp3) is 0.308. The van der Waals surface area contributed by atoms with E-state index < -0.39 is 0 Å². The first-order valence-corrected chi connectivity index (χ1v) is 5.99. The molecule has 0 aliphatic heterocycles. The van der Waals surface area contributed by atoms with E-state index in [-0.39, 0.29) is 17.9 Å². The quantitative estimate of drug-likeness (QED) is 0.805. The predicted octanol–water partition coefficient (Wildman–Crippen LogP) is 1.86. The van der Waals surface area contributed by atoms with Gasteiger partial charge in [-0.2, -0.15) is 0 Å². The largest absolute Gasteiger partial charge is 0.351 e. The lowest BCUT2D eigenvalue weighted by Crippen LogP contribution is -2.30. The van der Waals surface area contributed by atoms with Gasteiger partial charge in [0.2, 0.25) is 5.91 Å². The van der Waals surface area contributed by atoms with Crippen molar-refractivity contribution in [2.45, 2.75) is 19.0 Å². The van der Waals surface area contributed by atoms with Gasteiger partial charge in [-0.1, -0.05) is 42.0 Å². The van der Waals surface area contributed by atoms with Crippen molar-refractivity contribution < 1.29 is 4.79 Å². The van der Waals surface area contributed by atoms with Gasteiger partial charge in [-0.15, -0.1) is 0 Å². The van der Waals surface area contributed by atoms with Gasteiger partial charge >= 0.3 is 0 Å². The second-order valence-electron chi connectivity index (χ2n) is 4.20. The van der Waals surface area contributed by atoms with E-state index in [2.05, 4.69) is 5.32 Å². The van der Waals surface area contributed by atoms with Gasteiger partial charge in [0.05, 0.1) is 5.92 Å². The summed E-state index contributed by atoms with van der Waals surface area (Å²) in [5, 5.41) is 3.54. The normalized spacial score (nSPS) is 22.7. The number of nitrogens with two attached hydrogens (primary N) is 1. The molecule has 0 aromatic heterocycles. The standard InChI is InChI=1S/C13H15ClN2O/c14-12-4-2-1-3-10(12)8-16-13(17)9-5-6-11(15)7-9/h1-6,9,11H,7-8,15H2,(H,16,17). The molecule has 2 atom stereocenters. The summed E-state index contributed by atoms with van der Waals surface area (Å²) >= 11 is 6.01. The van der Waals surface area contributed by atoms with E-state index in [0.717, 1.165) is 5.56 Å². The van der Waals surface area contributed by atoms with Gasteiger partial charge in [-0.3, -0.25) is 4.79 Å². The second-order valence-corrected chi connectivity index (χ2v) is 4.61. The van der Waals surface area contributed by atoms with Crippen LogP contribution in [0.25, 0.3) is 0 Å². The zero-order valence-corrected chi connectivity index (χ0v) is 10.2. The van der Waals surface area contributed by atoms with Crippen LogP contribution in [0.2, 0.25) is 5.02 Å². The molecule has 2 rings (SSSR count). The molecule has 1 amide bonds. The fourth-order valence-electron chi connectivity index (χ4n) is 1.88. The molecule has 3 nitrogen and oxygen atoms in total. The van der Waals surface area contributed by atoms with Gasteiger partial charge in [0, 0.05) is 17.6 Å². The lowest BCUT2D eigenvalue weighted by atomic mass is 10.1. The molecule has 0 fully saturated rings. The maximum Gasteiger partial charge on any atom is 0.227 e. The maximum atomic E-state index is 11.8. The molecule has 0 radical (unpaired) electrons. The van der Waals surface area contributed by atoms with Gasteiger partial charge < -0.3 is 11.1 Å². The van der Waals surface area contributed by atoms with E-state index in [1.165, 1.54) is 0 Å². The highest BCUT2D eigenvalue weighted by molar-refractivity contribution is 6.31. The summed E-state index contributed by atoms with van der Waals surface area (Å²) in [6.45, 7) is 0.456. The highest BCUT2D eigenvalue weighted by atomic mass is 35.5. The summed E-state index contributed by atoms with van der Waals surface area (Å²) in [5.74, 6) is -0.0957. The Balaban J connectivity index is 1.89. The highest BCUT2D eigenvalue weighted by Crippen LogP contribution is 2.18. The lowest BCUT2D eigenvalue weighted by molar-refractivity contribution is -0.123. The minimum atomic E-state index is -0.104. The molecule has 2 unspecified atom stereocenters. The number of rotatable bonds is 3. The summed E-state index contributed by atoms with van der Waals surface area (Å²) in [6, 6.07) is 7.49. The number of carbonyl (C=O) groups is 1. The van der Waals surface area contributed by atoms with Crippen molar-refractivity contribution >= 4 is 17.5 Å². The summed E-state index contributed by atoms with van der Waals surface area (Å²) < 4.78 is 0. The molecule has 0 heterocycles. The van der Waals surface area contributed by atoms with E-state index in [1.807, 2.05) is 36.4 Å². The van der Waals surface area contributed by atoms with Crippen LogP contribution < -0.4 is 11.1 Å². The number of benzene rings is 1. The molecule has 1 aromatic carbocycles. The molecule has 17 heavy (non-hydrogen) atoms. The number of hydrogen-bond donors (Lipinski definition) is 2. The van der Waals surface area contributed by atoms with Gasteiger partial charge in [0.25, 0.3) is 0 Å². The van der Waals surface area contributed by atoms with Crippen molar-refractivity contribution in [3.63, 3.8) is 0 Å². The predicted molar refractivity (Wildman–Crippen MR) is 68.5 cm³/mol. The molecular weight excluding hydrogens is 236 g/mol. The molecule has 3 N–H and O–H groups in total. The third-order valence-corrected chi connectivity index (χ3v) is 3.23. The van der Waals surface area contributed by atoms with E-state index in [4.69, 9.17) is 17.3 Å². The molecule has 1 aliphatic rings. The average Bonchev–Trinajstić information content (AvgIpc) is 2.74. The van der Waals surface area contributed by atoms with E-state index in [0.29, 0.717) is 18.0 Å². The van der Waals surface area contributed by atoms with Gasteiger partial charge in [-0.25, -0.2) is 0 Å². The Bertz CT molecular complexity index is 445. The molecule has 0 saturated carbocycles. The zero-order chi connectivity index (χ0) is 12.3. The van der Waals surface area contributed by atoms with Crippen molar-refractivity contribution in [3.8, 4) is 0 Å². The van der Waals surface area contributed by atoms with Crippen molar-refractivity contribution in [1.29, 1.82) is 0 Å². The van der Waals surface area contributed by atoms with E-state index in [9.17, 15) is 4.79 Å². The molecular formula is C13H15ClN2O. The Morgan fingerprint density at radius 3 is 2.82 bits per heavy atom. The molecule has 0 spiro atoms. The fourth-order valence-corrected chi connectivity index (χ4v) is 2.08. The number of carbonyl (C=O) groups excluding carboxylic acids is 1. The highest BCUT2D eigenvalue weighted by Gasteiger charge is 2.22. The van der Waals surface area contributed by atoms with Crippen molar-refractivity contribution in [1.82, 2.24) is 5.32 Å². The molecule has 1 aliphatic carbocycles. The van der Waals surface area contributed by atoms with Crippen molar-refractivity contribution in [3.05, 3.63) is 47.0 Å². The topological polar surface area (TPSA) is 55.1 Å². The first-order chi connectivity index (χ1) is 8.16. The Labute approximate surface area is 106 Å². The smallest absolute Gasteiger partial charge is 0.227 e. The molecule has 4 heteroatoms. The van der Waals surface area contributed by atoms with Crippen molar-refractivity contribution in [2.24, 2.45) is 11.7 Å². The van der Waals surface area contributed by atoms with Crippen LogP contribution in [0.15, 0.2) is 36.4 Å². The van der Waals surface area contributed by atoms with Crippen LogP contribution in [0, 0.1) is 5.92 Å². The SMILES string of the molecule is NC1C=CC(C(=O)NCc2ccccc2Cl)C1. The Hall–Kier alpha value is -1.32. The number of hydrogen-bond acceptors (Lipinski definition) is 2. The van der Waals surface area contributed by atoms with Crippen LogP contribution in [-0.4, -0.2) is 11.9 Å². The minimum Gasteiger partial charge on any atom is -0.351 e. The van der Waals surface area contributed by atoms with Crippen LogP contribution in [0.3, 0.4) is 0 Å². The first kappa shape index (κ1) is 12.1. The Kier molecular flexibility index (Phi) is 3.82. The summed E-state index contributed by atoms with van der Waals surface area (Å²) in [6.07, 6.45) is 4.43. The minimum absolute atomic E-state index is 0.00561. The van der Waals surface area contributed by atoms with Crippen LogP contribution in [-0.2, 0) is 11.3 Å².